The van der Waals surface area contributed by atoms with Gasteiger partial charge in [0.1, 0.15) is 11.5 Å². The highest BCUT2D eigenvalue weighted by molar-refractivity contribution is 5.92. The van der Waals surface area contributed by atoms with Gasteiger partial charge in [-0.25, -0.2) is 4.98 Å². The molecule has 108 valence electrons. The first-order chi connectivity index (χ1) is 9.69. The van der Waals surface area contributed by atoms with E-state index >= 15 is 0 Å². The van der Waals surface area contributed by atoms with Crippen molar-refractivity contribution < 1.29 is 9.90 Å². The zero-order chi connectivity index (χ0) is 14.1. The van der Waals surface area contributed by atoms with Crippen molar-refractivity contribution in [2.75, 3.05) is 25.0 Å². The van der Waals surface area contributed by atoms with Gasteiger partial charge in [0.15, 0.2) is 0 Å². The SMILES string of the molecule is CCNc1cncc(C(=O)N2CC3CCC(O)C3C2)n1. The van der Waals surface area contributed by atoms with E-state index in [2.05, 4.69) is 15.3 Å². The number of fused-ring (bicyclic) bond motifs is 1. The average Bonchev–Trinajstić information content (AvgIpc) is 3.01. The predicted octanol–water partition coefficient (Wildman–Crippen LogP) is 0.751. The van der Waals surface area contributed by atoms with Crippen LogP contribution in [-0.4, -0.2) is 51.6 Å². The Hall–Kier alpha value is -1.69. The lowest BCUT2D eigenvalue weighted by atomic mass is 10.00. The minimum absolute atomic E-state index is 0.0844. The highest BCUT2D eigenvalue weighted by Gasteiger charge is 2.43. The van der Waals surface area contributed by atoms with Crippen LogP contribution in [0.25, 0.3) is 0 Å². The molecule has 0 bridgehead atoms. The second-order valence-corrected chi connectivity index (χ2v) is 5.60. The van der Waals surface area contributed by atoms with Gasteiger partial charge in [-0.1, -0.05) is 0 Å². The van der Waals surface area contributed by atoms with Crippen LogP contribution in [0.15, 0.2) is 12.4 Å². The Morgan fingerprint density at radius 3 is 3.05 bits per heavy atom. The van der Waals surface area contributed by atoms with Crippen molar-refractivity contribution in [1.82, 2.24) is 14.9 Å². The molecule has 1 aromatic heterocycles. The number of rotatable bonds is 3. The molecule has 6 heteroatoms. The monoisotopic (exact) mass is 276 g/mol. The molecule has 20 heavy (non-hydrogen) atoms. The maximum Gasteiger partial charge on any atom is 0.274 e. The summed E-state index contributed by atoms with van der Waals surface area (Å²) < 4.78 is 0. The molecule has 2 aliphatic rings. The molecule has 0 spiro atoms. The number of anilines is 1. The molecule has 3 atom stereocenters. The van der Waals surface area contributed by atoms with Gasteiger partial charge < -0.3 is 15.3 Å². The van der Waals surface area contributed by atoms with Crippen molar-refractivity contribution in [1.29, 1.82) is 0 Å². The number of carbonyl (C=O) groups is 1. The molecule has 0 aromatic carbocycles. The Morgan fingerprint density at radius 2 is 2.30 bits per heavy atom. The van der Waals surface area contributed by atoms with Gasteiger partial charge in [0.2, 0.25) is 0 Å². The van der Waals surface area contributed by atoms with E-state index in [1.54, 1.807) is 11.1 Å². The van der Waals surface area contributed by atoms with Crippen molar-refractivity contribution >= 4 is 11.7 Å². The first-order valence-electron chi connectivity index (χ1n) is 7.22. The molecule has 3 rings (SSSR count). The average molecular weight is 276 g/mol. The molecular formula is C14H20N4O2. The molecule has 2 N–H and O–H groups in total. The number of hydrogen-bond acceptors (Lipinski definition) is 5. The molecule has 1 aliphatic heterocycles. The smallest absolute Gasteiger partial charge is 0.274 e. The lowest BCUT2D eigenvalue weighted by Crippen LogP contribution is -2.31. The van der Waals surface area contributed by atoms with E-state index in [1.165, 1.54) is 6.20 Å². The fourth-order valence-electron chi connectivity index (χ4n) is 3.30. The van der Waals surface area contributed by atoms with E-state index in [0.29, 0.717) is 24.0 Å². The van der Waals surface area contributed by atoms with Gasteiger partial charge in [0.25, 0.3) is 5.91 Å². The zero-order valence-electron chi connectivity index (χ0n) is 11.6. The molecule has 1 aromatic rings. The highest BCUT2D eigenvalue weighted by Crippen LogP contribution is 2.38. The van der Waals surface area contributed by atoms with Crippen molar-refractivity contribution in [3.63, 3.8) is 0 Å². The number of nitrogens with zero attached hydrogens (tertiary/aromatic N) is 3. The summed E-state index contributed by atoms with van der Waals surface area (Å²) >= 11 is 0. The number of amides is 1. The van der Waals surface area contributed by atoms with E-state index in [-0.39, 0.29) is 17.9 Å². The van der Waals surface area contributed by atoms with E-state index in [9.17, 15) is 9.90 Å². The van der Waals surface area contributed by atoms with Crippen LogP contribution < -0.4 is 5.32 Å². The fraction of sp³-hybridized carbons (Fsp3) is 0.643. The first kappa shape index (κ1) is 13.3. The number of carbonyl (C=O) groups excluding carboxylic acids is 1. The highest BCUT2D eigenvalue weighted by atomic mass is 16.3. The summed E-state index contributed by atoms with van der Waals surface area (Å²) in [5.74, 6) is 1.22. The van der Waals surface area contributed by atoms with Crippen LogP contribution >= 0.6 is 0 Å². The van der Waals surface area contributed by atoms with Crippen LogP contribution in [0, 0.1) is 11.8 Å². The van der Waals surface area contributed by atoms with E-state index in [1.807, 2.05) is 6.92 Å². The molecule has 2 fully saturated rings. The van der Waals surface area contributed by atoms with Crippen molar-refractivity contribution in [2.45, 2.75) is 25.9 Å². The summed E-state index contributed by atoms with van der Waals surface area (Å²) in [6.07, 6.45) is 4.75. The van der Waals surface area contributed by atoms with Gasteiger partial charge >= 0.3 is 0 Å². The van der Waals surface area contributed by atoms with Crippen molar-refractivity contribution in [3.05, 3.63) is 18.1 Å². The molecule has 1 saturated carbocycles. The standard InChI is InChI=1S/C14H20N4O2/c1-2-16-13-6-15-5-11(17-13)14(20)18-7-9-3-4-12(19)10(9)8-18/h5-6,9-10,12,19H,2-4,7-8H2,1H3,(H,16,17). The van der Waals surface area contributed by atoms with E-state index in [4.69, 9.17) is 0 Å². The molecular weight excluding hydrogens is 256 g/mol. The number of aliphatic hydroxyl groups is 1. The zero-order valence-corrected chi connectivity index (χ0v) is 11.6. The van der Waals surface area contributed by atoms with Gasteiger partial charge in [-0.15, -0.1) is 0 Å². The van der Waals surface area contributed by atoms with E-state index in [0.717, 1.165) is 25.9 Å². The van der Waals surface area contributed by atoms with Crippen LogP contribution in [0.4, 0.5) is 5.82 Å². The number of aromatic nitrogens is 2. The van der Waals surface area contributed by atoms with Crippen LogP contribution in [0.2, 0.25) is 0 Å². The van der Waals surface area contributed by atoms with Crippen LogP contribution in [-0.2, 0) is 0 Å². The van der Waals surface area contributed by atoms with Crippen molar-refractivity contribution in [3.8, 4) is 0 Å². The molecule has 6 nitrogen and oxygen atoms in total. The lowest BCUT2D eigenvalue weighted by molar-refractivity contribution is 0.0746. The third-order valence-corrected chi connectivity index (χ3v) is 4.32. The molecule has 1 aliphatic carbocycles. The molecule has 2 heterocycles. The van der Waals surface area contributed by atoms with Gasteiger partial charge in [0, 0.05) is 25.6 Å². The Bertz CT molecular complexity index is 508. The maximum atomic E-state index is 12.5. The summed E-state index contributed by atoms with van der Waals surface area (Å²) in [6.45, 7) is 4.08. The summed E-state index contributed by atoms with van der Waals surface area (Å²) in [4.78, 5) is 22.6. The lowest BCUT2D eigenvalue weighted by Gasteiger charge is -2.18. The Labute approximate surface area is 118 Å². The summed E-state index contributed by atoms with van der Waals surface area (Å²) in [7, 11) is 0. The topological polar surface area (TPSA) is 78.4 Å². The quantitative estimate of drug-likeness (QED) is 0.852. The summed E-state index contributed by atoms with van der Waals surface area (Å²) in [6, 6.07) is 0. The number of hydrogen-bond donors (Lipinski definition) is 2. The first-order valence-corrected chi connectivity index (χ1v) is 7.22. The van der Waals surface area contributed by atoms with E-state index < -0.39 is 0 Å². The van der Waals surface area contributed by atoms with Crippen LogP contribution in [0.1, 0.15) is 30.3 Å². The molecule has 0 radical (unpaired) electrons. The minimum Gasteiger partial charge on any atom is -0.393 e. The number of likely N-dealkylation sites (tertiary alicyclic amines) is 1. The second-order valence-electron chi connectivity index (χ2n) is 5.60. The Kier molecular flexibility index (Phi) is 3.56. The predicted molar refractivity (Wildman–Crippen MR) is 74.3 cm³/mol. The third-order valence-electron chi connectivity index (χ3n) is 4.32. The fourth-order valence-corrected chi connectivity index (χ4v) is 3.30. The summed E-state index contributed by atoms with van der Waals surface area (Å²) in [5.41, 5.74) is 0.373. The van der Waals surface area contributed by atoms with Crippen LogP contribution in [0.3, 0.4) is 0 Å². The largest absolute Gasteiger partial charge is 0.393 e. The second kappa shape index (κ2) is 5.36. The molecule has 1 saturated heterocycles. The third kappa shape index (κ3) is 2.35. The normalized spacial score (nSPS) is 28.5. The summed E-state index contributed by atoms with van der Waals surface area (Å²) in [5, 5.41) is 13.0. The molecule has 1 amide bonds. The number of nitrogens with one attached hydrogen (secondary N) is 1. The van der Waals surface area contributed by atoms with Gasteiger partial charge in [-0.2, -0.15) is 0 Å². The van der Waals surface area contributed by atoms with Crippen molar-refractivity contribution in [2.24, 2.45) is 11.8 Å². The minimum atomic E-state index is -0.253. The number of aliphatic hydroxyl groups excluding tert-OH is 1. The van der Waals surface area contributed by atoms with Gasteiger partial charge in [-0.05, 0) is 25.7 Å². The van der Waals surface area contributed by atoms with Gasteiger partial charge in [0.05, 0.1) is 18.5 Å². The molecule has 3 unspecified atom stereocenters. The maximum absolute atomic E-state index is 12.5. The van der Waals surface area contributed by atoms with Gasteiger partial charge in [-0.3, -0.25) is 9.78 Å². The Morgan fingerprint density at radius 1 is 1.45 bits per heavy atom. The Balaban J connectivity index is 1.72. The van der Waals surface area contributed by atoms with Crippen LogP contribution in [0.5, 0.6) is 0 Å².